The molecule has 0 aliphatic heterocycles. The molecule has 0 saturated carbocycles. The van der Waals surface area contributed by atoms with Crippen LogP contribution >= 0.6 is 11.3 Å². The van der Waals surface area contributed by atoms with Crippen LogP contribution in [0.2, 0.25) is 0 Å². The molecule has 2 N–H and O–H groups in total. The van der Waals surface area contributed by atoms with Crippen LogP contribution in [0.25, 0.3) is 0 Å². The number of nitrogens with two attached hydrogens (primary N) is 1. The van der Waals surface area contributed by atoms with Crippen LogP contribution in [0, 0.1) is 0 Å². The highest BCUT2D eigenvalue weighted by molar-refractivity contribution is 7.13. The summed E-state index contributed by atoms with van der Waals surface area (Å²) < 4.78 is 5.00. The van der Waals surface area contributed by atoms with Crippen molar-refractivity contribution in [1.29, 1.82) is 0 Å². The first-order valence-corrected chi connectivity index (χ1v) is 5.10. The van der Waals surface area contributed by atoms with Crippen LogP contribution in [0.4, 0.5) is 0 Å². The summed E-state index contributed by atoms with van der Waals surface area (Å²) in [6.07, 6.45) is 3.80. The quantitative estimate of drug-likeness (QED) is 0.806. The molecule has 13 heavy (non-hydrogen) atoms. The highest BCUT2D eigenvalue weighted by Gasteiger charge is 2.11. The van der Waals surface area contributed by atoms with Gasteiger partial charge in [0.25, 0.3) is 5.19 Å². The summed E-state index contributed by atoms with van der Waals surface area (Å²) in [5, 5.41) is 0.727. The molecule has 0 atom stereocenters. The SMILES string of the molecule is COc1ncc(CCC(C)(C)N)s1. The number of rotatable bonds is 4. The molecule has 1 aromatic heterocycles. The Balaban J connectivity index is 2.46. The van der Waals surface area contributed by atoms with Gasteiger partial charge in [0.15, 0.2) is 0 Å². The lowest BCUT2D eigenvalue weighted by Gasteiger charge is -2.16. The van der Waals surface area contributed by atoms with Gasteiger partial charge in [0.1, 0.15) is 0 Å². The molecule has 0 bridgehead atoms. The van der Waals surface area contributed by atoms with E-state index in [0.717, 1.165) is 18.0 Å². The van der Waals surface area contributed by atoms with Gasteiger partial charge in [-0.15, -0.1) is 0 Å². The third-order valence-electron chi connectivity index (χ3n) is 1.72. The van der Waals surface area contributed by atoms with Gasteiger partial charge < -0.3 is 10.5 Å². The van der Waals surface area contributed by atoms with Gasteiger partial charge in [0, 0.05) is 16.6 Å². The Kier molecular flexibility index (Phi) is 3.27. The fourth-order valence-electron chi connectivity index (χ4n) is 0.945. The van der Waals surface area contributed by atoms with E-state index in [1.807, 2.05) is 20.0 Å². The molecule has 0 amide bonds. The molecule has 1 heterocycles. The Morgan fingerprint density at radius 2 is 2.31 bits per heavy atom. The zero-order valence-electron chi connectivity index (χ0n) is 8.33. The normalized spacial score (nSPS) is 11.7. The van der Waals surface area contributed by atoms with E-state index in [0.29, 0.717) is 0 Å². The predicted octanol–water partition coefficient (Wildman–Crippen LogP) is 1.82. The third-order valence-corrected chi connectivity index (χ3v) is 2.74. The minimum absolute atomic E-state index is 0.1000. The van der Waals surface area contributed by atoms with Crippen molar-refractivity contribution in [1.82, 2.24) is 4.98 Å². The monoisotopic (exact) mass is 200 g/mol. The van der Waals surface area contributed by atoms with Crippen LogP contribution in [-0.2, 0) is 6.42 Å². The van der Waals surface area contributed by atoms with E-state index < -0.39 is 0 Å². The molecule has 0 aromatic carbocycles. The van der Waals surface area contributed by atoms with Crippen molar-refractivity contribution in [3.05, 3.63) is 11.1 Å². The summed E-state index contributed by atoms with van der Waals surface area (Å²) >= 11 is 1.58. The van der Waals surface area contributed by atoms with Crippen molar-refractivity contribution in [3.63, 3.8) is 0 Å². The van der Waals surface area contributed by atoms with Gasteiger partial charge in [0.05, 0.1) is 7.11 Å². The standard InChI is InChI=1S/C9H16N2OS/c1-9(2,10)5-4-7-6-11-8(12-3)13-7/h6H,4-5,10H2,1-3H3. The topological polar surface area (TPSA) is 48.1 Å². The van der Waals surface area contributed by atoms with E-state index in [4.69, 9.17) is 10.5 Å². The molecule has 0 radical (unpaired) electrons. The smallest absolute Gasteiger partial charge is 0.273 e. The average Bonchev–Trinajstić information content (AvgIpc) is 2.47. The van der Waals surface area contributed by atoms with E-state index in [1.54, 1.807) is 18.4 Å². The molecule has 74 valence electrons. The number of thiazole rings is 1. The molecule has 0 fully saturated rings. The molecule has 3 nitrogen and oxygen atoms in total. The van der Waals surface area contributed by atoms with Crippen LogP contribution in [0.3, 0.4) is 0 Å². The van der Waals surface area contributed by atoms with Crippen molar-refractivity contribution in [2.24, 2.45) is 5.73 Å². The van der Waals surface area contributed by atoms with E-state index in [2.05, 4.69) is 4.98 Å². The molecule has 0 spiro atoms. The van der Waals surface area contributed by atoms with Gasteiger partial charge in [-0.2, -0.15) is 0 Å². The van der Waals surface area contributed by atoms with Crippen molar-refractivity contribution in [3.8, 4) is 5.19 Å². The molecule has 1 rings (SSSR count). The minimum atomic E-state index is -0.1000. The van der Waals surface area contributed by atoms with Gasteiger partial charge in [-0.25, -0.2) is 4.98 Å². The zero-order chi connectivity index (χ0) is 9.90. The summed E-state index contributed by atoms with van der Waals surface area (Å²) in [5.41, 5.74) is 5.78. The summed E-state index contributed by atoms with van der Waals surface area (Å²) in [4.78, 5) is 5.32. The fourth-order valence-corrected chi connectivity index (χ4v) is 1.67. The van der Waals surface area contributed by atoms with Gasteiger partial charge >= 0.3 is 0 Å². The number of ether oxygens (including phenoxy) is 1. The van der Waals surface area contributed by atoms with E-state index in [9.17, 15) is 0 Å². The third kappa shape index (κ3) is 3.74. The van der Waals surface area contributed by atoms with Crippen LogP contribution < -0.4 is 10.5 Å². The second kappa shape index (κ2) is 4.07. The lowest BCUT2D eigenvalue weighted by molar-refractivity contribution is 0.412. The number of nitrogens with zero attached hydrogens (tertiary/aromatic N) is 1. The molecule has 4 heteroatoms. The number of aromatic nitrogens is 1. The second-order valence-electron chi connectivity index (χ2n) is 3.79. The van der Waals surface area contributed by atoms with Gasteiger partial charge in [-0.1, -0.05) is 11.3 Å². The summed E-state index contributed by atoms with van der Waals surface area (Å²) in [5.74, 6) is 0. The maximum absolute atomic E-state index is 5.88. The van der Waals surface area contributed by atoms with Crippen LogP contribution in [0.5, 0.6) is 5.19 Å². The Labute approximate surface area is 82.9 Å². The maximum Gasteiger partial charge on any atom is 0.273 e. The molecule has 0 aliphatic rings. The lowest BCUT2D eigenvalue weighted by atomic mass is 10.00. The van der Waals surface area contributed by atoms with Crippen LogP contribution in [-0.4, -0.2) is 17.6 Å². The molecular weight excluding hydrogens is 184 g/mol. The van der Waals surface area contributed by atoms with Gasteiger partial charge in [-0.3, -0.25) is 0 Å². The Morgan fingerprint density at radius 1 is 1.62 bits per heavy atom. The number of methoxy groups -OCH3 is 1. The Hall–Kier alpha value is -0.610. The van der Waals surface area contributed by atoms with Crippen molar-refractivity contribution >= 4 is 11.3 Å². The largest absolute Gasteiger partial charge is 0.473 e. The van der Waals surface area contributed by atoms with E-state index in [-0.39, 0.29) is 5.54 Å². The first-order valence-electron chi connectivity index (χ1n) is 4.29. The number of hydrogen-bond donors (Lipinski definition) is 1. The van der Waals surface area contributed by atoms with Gasteiger partial charge in [-0.05, 0) is 26.7 Å². The average molecular weight is 200 g/mol. The van der Waals surface area contributed by atoms with Crippen molar-refractivity contribution < 1.29 is 4.74 Å². The van der Waals surface area contributed by atoms with E-state index >= 15 is 0 Å². The highest BCUT2D eigenvalue weighted by Crippen LogP contribution is 2.22. The maximum atomic E-state index is 5.88. The number of aryl methyl sites for hydroxylation is 1. The molecule has 0 unspecified atom stereocenters. The van der Waals surface area contributed by atoms with Crippen LogP contribution in [0.15, 0.2) is 6.20 Å². The predicted molar refractivity (Wildman–Crippen MR) is 55.3 cm³/mol. The van der Waals surface area contributed by atoms with E-state index in [1.165, 1.54) is 4.88 Å². The number of hydrogen-bond acceptors (Lipinski definition) is 4. The highest BCUT2D eigenvalue weighted by atomic mass is 32.1. The van der Waals surface area contributed by atoms with Gasteiger partial charge in [0.2, 0.25) is 0 Å². The first kappa shape index (κ1) is 10.5. The summed E-state index contributed by atoms with van der Waals surface area (Å²) in [6.45, 7) is 4.07. The van der Waals surface area contributed by atoms with Crippen LogP contribution in [0.1, 0.15) is 25.1 Å². The molecule has 0 aliphatic carbocycles. The second-order valence-corrected chi connectivity index (χ2v) is 4.86. The lowest BCUT2D eigenvalue weighted by Crippen LogP contribution is -2.32. The van der Waals surface area contributed by atoms with Crippen molar-refractivity contribution in [2.45, 2.75) is 32.2 Å². The first-order chi connectivity index (χ1) is 6.01. The molecular formula is C9H16N2OS. The minimum Gasteiger partial charge on any atom is -0.473 e. The Bertz CT molecular complexity index is 265. The summed E-state index contributed by atoms with van der Waals surface area (Å²) in [6, 6.07) is 0. The molecule has 0 saturated heterocycles. The van der Waals surface area contributed by atoms with Crippen molar-refractivity contribution in [2.75, 3.05) is 7.11 Å². The fraction of sp³-hybridized carbons (Fsp3) is 0.667. The Morgan fingerprint density at radius 3 is 2.77 bits per heavy atom. The summed E-state index contributed by atoms with van der Waals surface area (Å²) in [7, 11) is 1.63. The molecule has 1 aromatic rings. The zero-order valence-corrected chi connectivity index (χ0v) is 9.15.